The van der Waals surface area contributed by atoms with E-state index in [-0.39, 0.29) is 12.5 Å². The highest BCUT2D eigenvalue weighted by atomic mass is 79.9. The number of amides is 1. The highest BCUT2D eigenvalue weighted by Crippen LogP contribution is 2.21. The first-order valence-corrected chi connectivity index (χ1v) is 8.18. The monoisotopic (exact) mass is 377 g/mol. The maximum Gasteiger partial charge on any atom is 0.254 e. The van der Waals surface area contributed by atoms with Crippen LogP contribution in [-0.4, -0.2) is 28.0 Å². The summed E-state index contributed by atoms with van der Waals surface area (Å²) in [5, 5.41) is 5.89. The maximum absolute atomic E-state index is 12.3. The molecule has 0 saturated heterocycles. The third-order valence-electron chi connectivity index (χ3n) is 3.02. The fraction of sp³-hybridized carbons (Fsp3) is 0.133. The molecular weight excluding hydrogens is 366 g/mol. The second-order valence-corrected chi connectivity index (χ2v) is 6.52. The van der Waals surface area contributed by atoms with Crippen molar-refractivity contribution >= 4 is 33.2 Å². The van der Waals surface area contributed by atoms with Gasteiger partial charge in [-0.05, 0) is 35.7 Å². The lowest BCUT2D eigenvalue weighted by atomic mass is 10.2. The molecule has 0 bridgehead atoms. The van der Waals surface area contributed by atoms with Gasteiger partial charge in [-0.2, -0.15) is 4.98 Å². The second kappa shape index (κ2) is 6.41. The van der Waals surface area contributed by atoms with E-state index in [0.717, 1.165) is 9.35 Å². The molecule has 3 aromatic rings. The summed E-state index contributed by atoms with van der Waals surface area (Å²) >= 11 is 4.89. The van der Waals surface area contributed by atoms with Gasteiger partial charge >= 0.3 is 0 Å². The molecule has 0 atom stereocenters. The molecule has 0 N–H and O–H groups in total. The zero-order chi connectivity index (χ0) is 15.5. The summed E-state index contributed by atoms with van der Waals surface area (Å²) in [4.78, 5) is 19.1. The van der Waals surface area contributed by atoms with Crippen molar-refractivity contribution < 1.29 is 9.32 Å². The molecule has 0 aliphatic heterocycles. The van der Waals surface area contributed by atoms with Crippen molar-refractivity contribution in [3.8, 4) is 10.7 Å². The van der Waals surface area contributed by atoms with Crippen molar-refractivity contribution in [3.05, 3.63) is 57.7 Å². The normalized spacial score (nSPS) is 10.6. The molecule has 7 heteroatoms. The molecule has 5 nitrogen and oxygen atoms in total. The van der Waals surface area contributed by atoms with Gasteiger partial charge in [-0.3, -0.25) is 4.79 Å². The molecule has 0 aliphatic rings. The molecule has 0 unspecified atom stereocenters. The highest BCUT2D eigenvalue weighted by molar-refractivity contribution is 9.10. The molecule has 22 heavy (non-hydrogen) atoms. The van der Waals surface area contributed by atoms with Gasteiger partial charge < -0.3 is 9.42 Å². The van der Waals surface area contributed by atoms with Gasteiger partial charge in [0.2, 0.25) is 11.7 Å². The zero-order valence-corrected chi connectivity index (χ0v) is 14.1. The van der Waals surface area contributed by atoms with Gasteiger partial charge in [0.25, 0.3) is 5.91 Å². The minimum Gasteiger partial charge on any atom is -0.337 e. The number of aromatic nitrogens is 2. The van der Waals surface area contributed by atoms with Crippen LogP contribution < -0.4 is 0 Å². The Labute approximate surface area is 139 Å². The van der Waals surface area contributed by atoms with Crippen LogP contribution in [0.3, 0.4) is 0 Å². The quantitative estimate of drug-likeness (QED) is 0.692. The predicted molar refractivity (Wildman–Crippen MR) is 87.6 cm³/mol. The van der Waals surface area contributed by atoms with Crippen molar-refractivity contribution in [2.24, 2.45) is 0 Å². The maximum atomic E-state index is 12.3. The lowest BCUT2D eigenvalue weighted by molar-refractivity contribution is 0.0769. The molecule has 0 spiro atoms. The fourth-order valence-electron chi connectivity index (χ4n) is 1.91. The molecule has 0 saturated carbocycles. The molecule has 0 aliphatic carbocycles. The van der Waals surface area contributed by atoms with E-state index in [0.29, 0.717) is 17.3 Å². The zero-order valence-electron chi connectivity index (χ0n) is 11.7. The van der Waals surface area contributed by atoms with Crippen LogP contribution in [0.2, 0.25) is 0 Å². The largest absolute Gasteiger partial charge is 0.337 e. The SMILES string of the molecule is CN(Cc1nc(-c2cccs2)no1)C(=O)c1ccc(Br)cc1. The van der Waals surface area contributed by atoms with E-state index in [1.807, 2.05) is 29.6 Å². The number of benzene rings is 1. The van der Waals surface area contributed by atoms with E-state index in [4.69, 9.17) is 4.52 Å². The average molecular weight is 378 g/mol. The molecular formula is C15H12BrN3O2S. The van der Waals surface area contributed by atoms with Gasteiger partial charge in [0.05, 0.1) is 11.4 Å². The molecule has 2 aromatic heterocycles. The van der Waals surface area contributed by atoms with Crippen LogP contribution in [-0.2, 0) is 6.54 Å². The summed E-state index contributed by atoms with van der Waals surface area (Å²) in [5.74, 6) is 0.870. The average Bonchev–Trinajstić information content (AvgIpc) is 3.18. The number of carbonyl (C=O) groups excluding carboxylic acids is 1. The van der Waals surface area contributed by atoms with Crippen molar-refractivity contribution in [2.45, 2.75) is 6.54 Å². The Balaban J connectivity index is 1.70. The molecule has 112 valence electrons. The minimum absolute atomic E-state index is 0.0941. The summed E-state index contributed by atoms with van der Waals surface area (Å²) in [6, 6.07) is 11.1. The van der Waals surface area contributed by atoms with E-state index in [2.05, 4.69) is 26.1 Å². The Hall–Kier alpha value is -1.99. The van der Waals surface area contributed by atoms with Gasteiger partial charge in [0, 0.05) is 17.1 Å². The summed E-state index contributed by atoms with van der Waals surface area (Å²) in [6.07, 6.45) is 0. The van der Waals surface area contributed by atoms with E-state index < -0.39 is 0 Å². The molecule has 1 aromatic carbocycles. The van der Waals surface area contributed by atoms with Gasteiger partial charge in [-0.25, -0.2) is 0 Å². The number of thiophene rings is 1. The molecule has 0 fully saturated rings. The van der Waals surface area contributed by atoms with Crippen molar-refractivity contribution in [2.75, 3.05) is 7.05 Å². The van der Waals surface area contributed by atoms with Crippen LogP contribution >= 0.6 is 27.3 Å². The molecule has 0 radical (unpaired) electrons. The predicted octanol–water partition coefficient (Wildman–Crippen LogP) is 3.83. The number of halogens is 1. The molecule has 3 rings (SSSR count). The number of hydrogen-bond donors (Lipinski definition) is 0. The van der Waals surface area contributed by atoms with Crippen LogP contribution in [0.15, 0.2) is 50.8 Å². The van der Waals surface area contributed by atoms with Gasteiger partial charge in [0.15, 0.2) is 0 Å². The summed E-state index contributed by atoms with van der Waals surface area (Å²) in [5.41, 5.74) is 0.615. The second-order valence-electron chi connectivity index (χ2n) is 4.66. The van der Waals surface area contributed by atoms with Gasteiger partial charge in [-0.1, -0.05) is 27.2 Å². The standard InChI is InChI=1S/C15H12BrN3O2S/c1-19(15(20)10-4-6-11(16)7-5-10)9-13-17-14(18-21-13)12-3-2-8-22-12/h2-8H,9H2,1H3. The van der Waals surface area contributed by atoms with Crippen LogP contribution in [0, 0.1) is 0 Å². The van der Waals surface area contributed by atoms with E-state index >= 15 is 0 Å². The van der Waals surface area contributed by atoms with Crippen LogP contribution in [0.4, 0.5) is 0 Å². The van der Waals surface area contributed by atoms with Crippen LogP contribution in [0.1, 0.15) is 16.2 Å². The lowest BCUT2D eigenvalue weighted by Gasteiger charge is -2.14. The van der Waals surface area contributed by atoms with Crippen molar-refractivity contribution in [3.63, 3.8) is 0 Å². The molecule has 2 heterocycles. The number of rotatable bonds is 4. The Morgan fingerprint density at radius 1 is 1.32 bits per heavy atom. The molecule has 1 amide bonds. The van der Waals surface area contributed by atoms with Crippen molar-refractivity contribution in [1.29, 1.82) is 0 Å². The van der Waals surface area contributed by atoms with Crippen LogP contribution in [0.5, 0.6) is 0 Å². The lowest BCUT2D eigenvalue weighted by Crippen LogP contribution is -2.26. The van der Waals surface area contributed by atoms with Gasteiger partial charge in [-0.15, -0.1) is 11.3 Å². The smallest absolute Gasteiger partial charge is 0.254 e. The summed E-state index contributed by atoms with van der Waals surface area (Å²) in [7, 11) is 1.71. The van der Waals surface area contributed by atoms with E-state index in [1.54, 1.807) is 35.4 Å². The third kappa shape index (κ3) is 3.26. The summed E-state index contributed by atoms with van der Waals surface area (Å²) < 4.78 is 6.14. The first-order chi connectivity index (χ1) is 10.6. The number of carbonyl (C=O) groups is 1. The Kier molecular flexibility index (Phi) is 4.35. The minimum atomic E-state index is -0.0941. The topological polar surface area (TPSA) is 59.2 Å². The van der Waals surface area contributed by atoms with Crippen LogP contribution in [0.25, 0.3) is 10.7 Å². The Morgan fingerprint density at radius 3 is 2.77 bits per heavy atom. The summed E-state index contributed by atoms with van der Waals surface area (Å²) in [6.45, 7) is 0.271. The number of hydrogen-bond acceptors (Lipinski definition) is 5. The van der Waals surface area contributed by atoms with Crippen molar-refractivity contribution in [1.82, 2.24) is 15.0 Å². The van der Waals surface area contributed by atoms with E-state index in [1.165, 1.54) is 0 Å². The number of nitrogens with zero attached hydrogens (tertiary/aromatic N) is 3. The first kappa shape index (κ1) is 14.9. The Morgan fingerprint density at radius 2 is 2.09 bits per heavy atom. The highest BCUT2D eigenvalue weighted by Gasteiger charge is 2.16. The van der Waals surface area contributed by atoms with E-state index in [9.17, 15) is 4.79 Å². The fourth-order valence-corrected chi connectivity index (χ4v) is 2.83. The third-order valence-corrected chi connectivity index (χ3v) is 4.41. The Bertz CT molecular complexity index is 768. The van der Waals surface area contributed by atoms with Gasteiger partial charge in [0.1, 0.15) is 0 Å². The first-order valence-electron chi connectivity index (χ1n) is 6.51.